The monoisotopic (exact) mass is 430 g/mol. The van der Waals surface area contributed by atoms with E-state index in [4.69, 9.17) is 19.4 Å². The van der Waals surface area contributed by atoms with Crippen LogP contribution in [0.2, 0.25) is 0 Å². The molecule has 4 aliphatic heterocycles. The number of piperidine rings is 3. The number of aryl methyl sites for hydroxylation is 1. The lowest BCUT2D eigenvalue weighted by atomic mass is 9.75. The van der Waals surface area contributed by atoms with Gasteiger partial charge in [-0.05, 0) is 56.6 Å². The topological polar surface area (TPSA) is 96.4 Å². The van der Waals surface area contributed by atoms with Gasteiger partial charge in [0, 0.05) is 12.5 Å². The molecule has 11 heteroatoms. The fraction of sp³-hybridized carbons (Fsp3) is 0.526. The summed E-state index contributed by atoms with van der Waals surface area (Å²) in [5, 5.41) is 7.12. The number of carboxylic acids is 1. The van der Waals surface area contributed by atoms with Crippen LogP contribution in [0, 0.1) is 12.8 Å². The first-order valence-electron chi connectivity index (χ1n) is 9.24. The normalized spacial score (nSPS) is 27.6. The van der Waals surface area contributed by atoms with Gasteiger partial charge in [-0.2, -0.15) is 13.2 Å². The van der Waals surface area contributed by atoms with Gasteiger partial charge in [-0.25, -0.2) is 14.5 Å². The van der Waals surface area contributed by atoms with E-state index in [1.807, 2.05) is 13.0 Å². The number of amides is 2. The lowest BCUT2D eigenvalue weighted by Crippen LogP contribution is -2.63. The fourth-order valence-electron chi connectivity index (χ4n) is 4.11. The zero-order valence-corrected chi connectivity index (χ0v) is 16.4. The molecular weight excluding hydrogens is 409 g/mol. The van der Waals surface area contributed by atoms with Crippen LogP contribution in [0.5, 0.6) is 5.75 Å². The van der Waals surface area contributed by atoms with Crippen molar-refractivity contribution in [2.75, 3.05) is 31.6 Å². The third-order valence-electron chi connectivity index (χ3n) is 5.61. The standard InChI is InChI=1S/C17H20N2O4.C2HF3O2/c1-11-9-13(22-2)3-4-14(11)19-15(20)17(23-16(19)21)10-18-7-5-12(17)6-8-18;3-2(4,5)1(6)7/h3-4,9,12H,5-8,10H2,1-2H3;(H,6,7). The number of hydrogen-bond donors (Lipinski definition) is 1. The van der Waals surface area contributed by atoms with Gasteiger partial charge in [0.15, 0.2) is 0 Å². The predicted octanol–water partition coefficient (Wildman–Crippen LogP) is 2.58. The number of anilines is 1. The molecule has 8 nitrogen and oxygen atoms in total. The summed E-state index contributed by atoms with van der Waals surface area (Å²) in [5.41, 5.74) is 0.405. The summed E-state index contributed by atoms with van der Waals surface area (Å²) in [6.07, 6.45) is -3.82. The molecule has 0 saturated carbocycles. The summed E-state index contributed by atoms with van der Waals surface area (Å²) in [7, 11) is 1.59. The second kappa shape index (κ2) is 7.78. The van der Waals surface area contributed by atoms with Crippen molar-refractivity contribution in [3.63, 3.8) is 0 Å². The van der Waals surface area contributed by atoms with Gasteiger partial charge in [-0.15, -0.1) is 0 Å². The Labute approximate surface area is 170 Å². The number of ether oxygens (including phenoxy) is 2. The molecule has 2 bridgehead atoms. The zero-order valence-electron chi connectivity index (χ0n) is 16.4. The van der Waals surface area contributed by atoms with Crippen LogP contribution in [0.3, 0.4) is 0 Å². The second-order valence-electron chi connectivity index (χ2n) is 7.40. The largest absolute Gasteiger partial charge is 0.497 e. The van der Waals surface area contributed by atoms with Gasteiger partial charge in [0.2, 0.25) is 5.60 Å². The molecule has 1 aromatic rings. The number of benzene rings is 1. The van der Waals surface area contributed by atoms with Crippen LogP contribution in [0.4, 0.5) is 23.7 Å². The van der Waals surface area contributed by atoms with Gasteiger partial charge in [0.05, 0.1) is 12.8 Å². The lowest BCUT2D eigenvalue weighted by molar-refractivity contribution is -0.192. The summed E-state index contributed by atoms with van der Waals surface area (Å²) in [4.78, 5) is 37.9. The van der Waals surface area contributed by atoms with E-state index >= 15 is 0 Å². The summed E-state index contributed by atoms with van der Waals surface area (Å²) < 4.78 is 42.6. The van der Waals surface area contributed by atoms with E-state index in [0.717, 1.165) is 31.5 Å². The highest BCUT2D eigenvalue weighted by Crippen LogP contribution is 2.44. The quantitative estimate of drug-likeness (QED) is 0.770. The number of nitrogens with zero attached hydrogens (tertiary/aromatic N) is 2. The van der Waals surface area contributed by atoms with Crippen molar-refractivity contribution < 1.29 is 42.1 Å². The molecule has 1 spiro atoms. The third-order valence-corrected chi connectivity index (χ3v) is 5.61. The molecule has 4 heterocycles. The van der Waals surface area contributed by atoms with E-state index in [1.165, 1.54) is 4.90 Å². The minimum Gasteiger partial charge on any atom is -0.497 e. The average Bonchev–Trinajstić information content (AvgIpc) is 2.92. The van der Waals surface area contributed by atoms with Crippen LogP contribution in [-0.4, -0.2) is 66.5 Å². The molecule has 2 amide bonds. The van der Waals surface area contributed by atoms with Crippen LogP contribution in [0.1, 0.15) is 18.4 Å². The first-order chi connectivity index (χ1) is 14.0. The molecule has 0 aromatic heterocycles. The van der Waals surface area contributed by atoms with E-state index in [9.17, 15) is 22.8 Å². The van der Waals surface area contributed by atoms with E-state index in [-0.39, 0.29) is 11.8 Å². The van der Waals surface area contributed by atoms with Crippen LogP contribution >= 0.6 is 0 Å². The number of carbonyl (C=O) groups excluding carboxylic acids is 2. The number of fused-ring (bicyclic) bond motifs is 2. The molecule has 0 aliphatic carbocycles. The summed E-state index contributed by atoms with van der Waals surface area (Å²) in [6, 6.07) is 5.32. The van der Waals surface area contributed by atoms with Crippen molar-refractivity contribution in [1.29, 1.82) is 0 Å². The summed E-state index contributed by atoms with van der Waals surface area (Å²) >= 11 is 0. The Kier molecular flexibility index (Phi) is 5.68. The van der Waals surface area contributed by atoms with Crippen molar-refractivity contribution in [2.24, 2.45) is 5.92 Å². The van der Waals surface area contributed by atoms with Crippen molar-refractivity contribution >= 4 is 23.7 Å². The maximum absolute atomic E-state index is 13.1. The number of carbonyl (C=O) groups is 3. The van der Waals surface area contributed by atoms with Crippen molar-refractivity contribution in [3.8, 4) is 5.75 Å². The fourth-order valence-corrected chi connectivity index (χ4v) is 4.11. The Hall–Kier alpha value is -2.82. The number of hydrogen-bond acceptors (Lipinski definition) is 6. The highest BCUT2D eigenvalue weighted by Gasteiger charge is 2.62. The number of halogens is 3. The van der Waals surface area contributed by atoms with Gasteiger partial charge < -0.3 is 14.6 Å². The van der Waals surface area contributed by atoms with Gasteiger partial charge in [-0.3, -0.25) is 9.69 Å². The molecule has 0 radical (unpaired) electrons. The Morgan fingerprint density at radius 2 is 1.87 bits per heavy atom. The highest BCUT2D eigenvalue weighted by atomic mass is 19.4. The minimum atomic E-state index is -5.08. The molecule has 5 rings (SSSR count). The van der Waals surface area contributed by atoms with Crippen LogP contribution in [0.15, 0.2) is 18.2 Å². The molecular formula is C19H21F3N2O6. The maximum Gasteiger partial charge on any atom is 0.490 e. The number of aliphatic carboxylic acids is 1. The van der Waals surface area contributed by atoms with E-state index in [0.29, 0.717) is 18.0 Å². The van der Waals surface area contributed by atoms with Gasteiger partial charge in [0.1, 0.15) is 5.75 Å². The average molecular weight is 430 g/mol. The first-order valence-corrected chi connectivity index (χ1v) is 9.24. The molecule has 4 saturated heterocycles. The number of methoxy groups -OCH3 is 1. The lowest BCUT2D eigenvalue weighted by Gasteiger charge is -2.48. The number of carboxylic acid groups (broad SMARTS) is 1. The summed E-state index contributed by atoms with van der Waals surface area (Å²) in [5.74, 6) is -2.14. The minimum absolute atomic E-state index is 0.132. The number of imide groups is 1. The van der Waals surface area contributed by atoms with Crippen molar-refractivity contribution in [3.05, 3.63) is 23.8 Å². The van der Waals surface area contributed by atoms with Crippen LogP contribution in [0.25, 0.3) is 0 Å². The van der Waals surface area contributed by atoms with Crippen LogP contribution in [-0.2, 0) is 14.3 Å². The maximum atomic E-state index is 13.1. The SMILES string of the molecule is COc1ccc(N2C(=O)OC3(CN4CCC3CC4)C2=O)c(C)c1.O=C(O)C(F)(F)F. The molecule has 164 valence electrons. The number of rotatable bonds is 2. The van der Waals surface area contributed by atoms with Crippen molar-refractivity contribution in [2.45, 2.75) is 31.5 Å². The van der Waals surface area contributed by atoms with Crippen molar-refractivity contribution in [1.82, 2.24) is 4.90 Å². The van der Waals surface area contributed by atoms with E-state index in [1.54, 1.807) is 19.2 Å². The second-order valence-corrected chi connectivity index (χ2v) is 7.40. The zero-order chi connectivity index (χ0) is 22.3. The van der Waals surface area contributed by atoms with E-state index in [2.05, 4.69) is 4.90 Å². The highest BCUT2D eigenvalue weighted by molar-refractivity contribution is 6.20. The molecule has 1 N–H and O–H groups in total. The van der Waals surface area contributed by atoms with Gasteiger partial charge in [0.25, 0.3) is 5.91 Å². The smallest absolute Gasteiger partial charge is 0.490 e. The Morgan fingerprint density at radius 3 is 2.30 bits per heavy atom. The third kappa shape index (κ3) is 3.81. The van der Waals surface area contributed by atoms with Crippen LogP contribution < -0.4 is 9.64 Å². The summed E-state index contributed by atoms with van der Waals surface area (Å²) in [6.45, 7) is 4.35. The molecule has 1 aromatic carbocycles. The Balaban J connectivity index is 0.000000318. The molecule has 30 heavy (non-hydrogen) atoms. The first kappa shape index (κ1) is 21.9. The van der Waals surface area contributed by atoms with Gasteiger partial charge in [-0.1, -0.05) is 0 Å². The van der Waals surface area contributed by atoms with E-state index < -0.39 is 23.8 Å². The predicted molar refractivity (Wildman–Crippen MR) is 97.3 cm³/mol. The Bertz CT molecular complexity index is 866. The Morgan fingerprint density at radius 1 is 1.27 bits per heavy atom. The number of alkyl halides is 3. The molecule has 4 aliphatic rings. The van der Waals surface area contributed by atoms with Gasteiger partial charge >= 0.3 is 18.2 Å². The molecule has 1 atom stereocenters. The molecule has 4 fully saturated rings. The molecule has 1 unspecified atom stereocenters.